The molecule has 0 bridgehead atoms. The van der Waals surface area contributed by atoms with Gasteiger partial charge in [-0.3, -0.25) is 9.79 Å². The number of likely N-dealkylation sites (tertiary alicyclic amines) is 1. The number of aliphatic imine (C=N–C) groups is 1. The second-order valence-electron chi connectivity index (χ2n) is 7.36. The standard InChI is InChI=1S/C21H37N5O2.HI/c1-5-22-21(26-13-9-18(16-26)15-25(6-2)7-3)24-12-8-11-23-20(27)19-17(4)10-14-28-19;/h10,14,18H,5-9,11-13,15-16H2,1-4H3,(H,22,24)(H,23,27);1H. The predicted molar refractivity (Wildman–Crippen MR) is 129 cm³/mol. The van der Waals surface area contributed by atoms with Gasteiger partial charge in [0.2, 0.25) is 0 Å². The van der Waals surface area contributed by atoms with Crippen LogP contribution in [0.5, 0.6) is 0 Å². The monoisotopic (exact) mass is 519 g/mol. The SMILES string of the molecule is CCNC(=NCCCNC(=O)c1occc1C)N1CCC(CN(CC)CC)C1.I. The molecule has 1 saturated heterocycles. The fourth-order valence-electron chi connectivity index (χ4n) is 3.60. The maximum atomic E-state index is 12.0. The van der Waals surface area contributed by atoms with Crippen molar-refractivity contribution in [2.45, 2.75) is 40.5 Å². The van der Waals surface area contributed by atoms with Gasteiger partial charge in [-0.05, 0) is 51.8 Å². The van der Waals surface area contributed by atoms with Gasteiger partial charge in [0, 0.05) is 44.8 Å². The molecule has 29 heavy (non-hydrogen) atoms. The van der Waals surface area contributed by atoms with Crippen molar-refractivity contribution in [3.8, 4) is 0 Å². The number of rotatable bonds is 10. The van der Waals surface area contributed by atoms with E-state index < -0.39 is 0 Å². The van der Waals surface area contributed by atoms with E-state index in [-0.39, 0.29) is 29.9 Å². The van der Waals surface area contributed by atoms with Crippen LogP contribution in [0.25, 0.3) is 0 Å². The van der Waals surface area contributed by atoms with Gasteiger partial charge in [-0.1, -0.05) is 13.8 Å². The second kappa shape index (κ2) is 13.8. The van der Waals surface area contributed by atoms with Crippen molar-refractivity contribution in [2.24, 2.45) is 10.9 Å². The Balaban J connectivity index is 0.00000420. The summed E-state index contributed by atoms with van der Waals surface area (Å²) < 4.78 is 5.21. The van der Waals surface area contributed by atoms with Crippen LogP contribution in [0.2, 0.25) is 0 Å². The molecular formula is C21H38IN5O2. The lowest BCUT2D eigenvalue weighted by Gasteiger charge is -2.24. The van der Waals surface area contributed by atoms with Crippen LogP contribution >= 0.6 is 24.0 Å². The Morgan fingerprint density at radius 3 is 2.69 bits per heavy atom. The average molecular weight is 519 g/mol. The highest BCUT2D eigenvalue weighted by molar-refractivity contribution is 14.0. The molecule has 1 amide bonds. The average Bonchev–Trinajstić information content (AvgIpc) is 3.33. The number of furan rings is 1. The summed E-state index contributed by atoms with van der Waals surface area (Å²) in [5, 5.41) is 6.32. The van der Waals surface area contributed by atoms with Crippen molar-refractivity contribution >= 4 is 35.8 Å². The lowest BCUT2D eigenvalue weighted by molar-refractivity contribution is 0.0925. The van der Waals surface area contributed by atoms with Gasteiger partial charge in [0.1, 0.15) is 0 Å². The van der Waals surface area contributed by atoms with Crippen LogP contribution in [0.4, 0.5) is 0 Å². The number of hydrogen-bond acceptors (Lipinski definition) is 4. The molecule has 0 saturated carbocycles. The van der Waals surface area contributed by atoms with Crippen LogP contribution in [0.3, 0.4) is 0 Å². The molecule has 0 spiro atoms. The number of nitrogens with one attached hydrogen (secondary N) is 2. The Labute approximate surface area is 192 Å². The predicted octanol–water partition coefficient (Wildman–Crippen LogP) is 2.96. The van der Waals surface area contributed by atoms with E-state index in [4.69, 9.17) is 9.41 Å². The molecular weight excluding hydrogens is 481 g/mol. The van der Waals surface area contributed by atoms with E-state index in [1.54, 1.807) is 12.3 Å². The first-order chi connectivity index (χ1) is 13.6. The minimum atomic E-state index is -0.155. The molecule has 166 valence electrons. The number of nitrogens with zero attached hydrogens (tertiary/aromatic N) is 3. The van der Waals surface area contributed by atoms with Crippen LogP contribution in [0, 0.1) is 12.8 Å². The van der Waals surface area contributed by atoms with Gasteiger partial charge in [-0.15, -0.1) is 24.0 Å². The summed E-state index contributed by atoms with van der Waals surface area (Å²) in [6, 6.07) is 1.80. The lowest BCUT2D eigenvalue weighted by atomic mass is 10.1. The van der Waals surface area contributed by atoms with E-state index in [2.05, 4.69) is 41.2 Å². The first-order valence-corrected chi connectivity index (χ1v) is 10.7. The Bertz CT molecular complexity index is 630. The molecule has 0 radical (unpaired) electrons. The Kier molecular flexibility index (Phi) is 12.3. The zero-order valence-electron chi connectivity index (χ0n) is 18.4. The highest BCUT2D eigenvalue weighted by Crippen LogP contribution is 2.17. The Hall–Kier alpha value is -1.29. The molecule has 2 rings (SSSR count). The summed E-state index contributed by atoms with van der Waals surface area (Å²) in [5.41, 5.74) is 0.859. The maximum Gasteiger partial charge on any atom is 0.287 e. The molecule has 8 heteroatoms. The number of carbonyl (C=O) groups excluding carboxylic acids is 1. The van der Waals surface area contributed by atoms with Crippen LogP contribution in [0.15, 0.2) is 21.7 Å². The zero-order chi connectivity index (χ0) is 20.4. The van der Waals surface area contributed by atoms with Gasteiger partial charge in [0.25, 0.3) is 5.91 Å². The quantitative estimate of drug-likeness (QED) is 0.215. The third kappa shape index (κ3) is 8.16. The number of amides is 1. The fraction of sp³-hybridized carbons (Fsp3) is 0.714. The number of aryl methyl sites for hydroxylation is 1. The van der Waals surface area contributed by atoms with Gasteiger partial charge in [0.15, 0.2) is 11.7 Å². The van der Waals surface area contributed by atoms with E-state index >= 15 is 0 Å². The van der Waals surface area contributed by atoms with Crippen LogP contribution in [-0.4, -0.2) is 74.0 Å². The summed E-state index contributed by atoms with van der Waals surface area (Å²) in [5.74, 6) is 1.95. The molecule has 1 unspecified atom stereocenters. The molecule has 1 aliphatic rings. The lowest BCUT2D eigenvalue weighted by Crippen LogP contribution is -2.41. The Morgan fingerprint density at radius 1 is 1.31 bits per heavy atom. The van der Waals surface area contributed by atoms with Crippen molar-refractivity contribution in [3.63, 3.8) is 0 Å². The molecule has 1 aromatic rings. The maximum absolute atomic E-state index is 12.0. The second-order valence-corrected chi connectivity index (χ2v) is 7.36. The molecule has 0 aliphatic carbocycles. The zero-order valence-corrected chi connectivity index (χ0v) is 20.7. The molecule has 1 atom stereocenters. The first-order valence-electron chi connectivity index (χ1n) is 10.7. The van der Waals surface area contributed by atoms with Crippen molar-refractivity contribution < 1.29 is 9.21 Å². The molecule has 2 N–H and O–H groups in total. The molecule has 1 aliphatic heterocycles. The van der Waals surface area contributed by atoms with Crippen molar-refractivity contribution in [1.29, 1.82) is 0 Å². The van der Waals surface area contributed by atoms with Gasteiger partial charge in [-0.25, -0.2) is 0 Å². The summed E-state index contributed by atoms with van der Waals surface area (Å²) in [6.07, 6.45) is 3.57. The number of guanidine groups is 1. The number of carbonyl (C=O) groups is 1. The van der Waals surface area contributed by atoms with Gasteiger partial charge in [-0.2, -0.15) is 0 Å². The van der Waals surface area contributed by atoms with Gasteiger partial charge in [0.05, 0.1) is 6.26 Å². The molecule has 1 aromatic heterocycles. The van der Waals surface area contributed by atoms with Crippen molar-refractivity contribution in [1.82, 2.24) is 20.4 Å². The van der Waals surface area contributed by atoms with E-state index in [1.165, 1.54) is 13.0 Å². The van der Waals surface area contributed by atoms with Crippen LogP contribution in [-0.2, 0) is 0 Å². The highest BCUT2D eigenvalue weighted by Gasteiger charge is 2.25. The van der Waals surface area contributed by atoms with E-state index in [9.17, 15) is 4.79 Å². The van der Waals surface area contributed by atoms with E-state index in [0.29, 0.717) is 24.8 Å². The normalized spacial score (nSPS) is 16.8. The summed E-state index contributed by atoms with van der Waals surface area (Å²) in [6.45, 7) is 16.1. The summed E-state index contributed by atoms with van der Waals surface area (Å²) in [7, 11) is 0. The Morgan fingerprint density at radius 2 is 2.07 bits per heavy atom. The molecule has 2 heterocycles. The fourth-order valence-corrected chi connectivity index (χ4v) is 3.60. The first kappa shape index (κ1) is 25.7. The highest BCUT2D eigenvalue weighted by atomic mass is 127. The minimum absolute atomic E-state index is 0. The molecule has 1 fully saturated rings. The minimum Gasteiger partial charge on any atom is -0.459 e. The van der Waals surface area contributed by atoms with E-state index in [0.717, 1.165) is 50.7 Å². The smallest absolute Gasteiger partial charge is 0.287 e. The third-order valence-corrected chi connectivity index (χ3v) is 5.28. The van der Waals surface area contributed by atoms with Gasteiger partial charge >= 0.3 is 0 Å². The summed E-state index contributed by atoms with van der Waals surface area (Å²) >= 11 is 0. The number of hydrogen-bond donors (Lipinski definition) is 2. The number of halogens is 1. The van der Waals surface area contributed by atoms with Gasteiger partial charge < -0.3 is 24.9 Å². The third-order valence-electron chi connectivity index (χ3n) is 5.28. The van der Waals surface area contributed by atoms with Crippen LogP contribution < -0.4 is 10.6 Å². The molecule has 0 aromatic carbocycles. The largest absolute Gasteiger partial charge is 0.459 e. The topological polar surface area (TPSA) is 73.1 Å². The van der Waals surface area contributed by atoms with Crippen LogP contribution in [0.1, 0.15) is 49.7 Å². The van der Waals surface area contributed by atoms with Crippen molar-refractivity contribution in [3.05, 3.63) is 23.7 Å². The summed E-state index contributed by atoms with van der Waals surface area (Å²) in [4.78, 5) is 21.7. The van der Waals surface area contributed by atoms with Crippen molar-refractivity contribution in [2.75, 3.05) is 52.4 Å². The van der Waals surface area contributed by atoms with E-state index in [1.807, 2.05) is 6.92 Å². The molecule has 7 nitrogen and oxygen atoms in total.